The van der Waals surface area contributed by atoms with Crippen molar-refractivity contribution >= 4 is 54.0 Å². The normalized spacial score (nSPS) is 12.2. The average Bonchev–Trinajstić information content (AvgIpc) is 3.44. The molecule has 9 rings (SSSR count). The van der Waals surface area contributed by atoms with E-state index >= 15 is 0 Å². The molecule has 1 aliphatic rings. The number of hydrogen-bond acceptors (Lipinski definition) is 2. The van der Waals surface area contributed by atoms with Gasteiger partial charge in [-0.3, -0.25) is 0 Å². The summed E-state index contributed by atoms with van der Waals surface area (Å²) in [6, 6.07) is 53.8. The fourth-order valence-corrected chi connectivity index (χ4v) is 8.77. The second kappa shape index (κ2) is 9.46. The van der Waals surface area contributed by atoms with Crippen molar-refractivity contribution in [3.63, 3.8) is 0 Å². The van der Waals surface area contributed by atoms with Crippen LogP contribution in [0.3, 0.4) is 0 Å². The monoisotopic (exact) mass is 568 g/mol. The van der Waals surface area contributed by atoms with Crippen LogP contribution in [0.2, 0.25) is 0 Å². The highest BCUT2D eigenvalue weighted by molar-refractivity contribution is 7.99. The molecular formula is C40H24S2. The standard InChI is InChI=1S/C40H24S2/c1-2-9-25(10-3-1)28-21-29(23-30(22-28)31-14-8-18-38-40(31)33-13-4-5-16-35(33)41-38)27-19-20-36-34(24-27)32-15-6-11-26-12-7-17-37(42-36)39(26)32/h1-24H. The highest BCUT2D eigenvalue weighted by Gasteiger charge is 2.20. The second-order valence-electron chi connectivity index (χ2n) is 10.9. The van der Waals surface area contributed by atoms with Gasteiger partial charge in [0.15, 0.2) is 0 Å². The van der Waals surface area contributed by atoms with Crippen molar-refractivity contribution in [2.45, 2.75) is 9.79 Å². The van der Waals surface area contributed by atoms with Crippen molar-refractivity contribution in [3.8, 4) is 44.5 Å². The molecule has 2 heterocycles. The Morgan fingerprint density at radius 2 is 1.07 bits per heavy atom. The van der Waals surface area contributed by atoms with Crippen molar-refractivity contribution in [2.24, 2.45) is 0 Å². The molecule has 0 bridgehead atoms. The molecule has 0 saturated carbocycles. The molecule has 8 aromatic rings. The summed E-state index contributed by atoms with van der Waals surface area (Å²) in [5.41, 5.74) is 10.1. The van der Waals surface area contributed by atoms with Gasteiger partial charge in [0.2, 0.25) is 0 Å². The van der Waals surface area contributed by atoms with Crippen LogP contribution in [0.25, 0.3) is 75.5 Å². The van der Waals surface area contributed by atoms with E-state index in [1.165, 1.54) is 85.2 Å². The van der Waals surface area contributed by atoms with Crippen LogP contribution in [-0.2, 0) is 0 Å². The Balaban J connectivity index is 1.28. The van der Waals surface area contributed by atoms with Gasteiger partial charge in [0.1, 0.15) is 0 Å². The van der Waals surface area contributed by atoms with Crippen LogP contribution in [-0.4, -0.2) is 0 Å². The van der Waals surface area contributed by atoms with E-state index in [-0.39, 0.29) is 0 Å². The number of thiophene rings is 1. The van der Waals surface area contributed by atoms with Crippen LogP contribution in [0.5, 0.6) is 0 Å². The van der Waals surface area contributed by atoms with Crippen LogP contribution >= 0.6 is 23.1 Å². The number of fused-ring (bicyclic) bond motifs is 5. The summed E-state index contributed by atoms with van der Waals surface area (Å²) in [5, 5.41) is 5.35. The third kappa shape index (κ3) is 3.76. The summed E-state index contributed by atoms with van der Waals surface area (Å²) < 4.78 is 2.67. The maximum absolute atomic E-state index is 2.40. The fraction of sp³-hybridized carbons (Fsp3) is 0. The lowest BCUT2D eigenvalue weighted by Crippen LogP contribution is -1.94. The molecule has 0 radical (unpaired) electrons. The minimum atomic E-state index is 1.23. The summed E-state index contributed by atoms with van der Waals surface area (Å²) in [5.74, 6) is 0. The molecule has 2 heteroatoms. The second-order valence-corrected chi connectivity index (χ2v) is 13.1. The van der Waals surface area contributed by atoms with E-state index in [4.69, 9.17) is 0 Å². The first-order chi connectivity index (χ1) is 20.8. The van der Waals surface area contributed by atoms with Gasteiger partial charge in [-0.05, 0) is 98.4 Å². The Morgan fingerprint density at radius 1 is 0.357 bits per heavy atom. The van der Waals surface area contributed by atoms with Gasteiger partial charge in [-0.25, -0.2) is 0 Å². The SMILES string of the molecule is c1ccc(-c2cc(-c3ccc4c(c3)-c3cccc5cccc(c35)S4)cc(-c3cccc4sc5ccccc5c34)c2)cc1. The van der Waals surface area contributed by atoms with E-state index in [1.807, 2.05) is 23.1 Å². The first-order valence-corrected chi connectivity index (χ1v) is 15.9. The third-order valence-electron chi connectivity index (χ3n) is 8.44. The lowest BCUT2D eigenvalue weighted by molar-refractivity contribution is 1.39. The van der Waals surface area contributed by atoms with Crippen molar-refractivity contribution in [2.75, 3.05) is 0 Å². The number of rotatable bonds is 3. The van der Waals surface area contributed by atoms with Crippen LogP contribution in [0.4, 0.5) is 0 Å². The molecule has 0 aliphatic carbocycles. The minimum Gasteiger partial charge on any atom is -0.135 e. The van der Waals surface area contributed by atoms with Gasteiger partial charge in [-0.2, -0.15) is 0 Å². The molecule has 0 nitrogen and oxygen atoms in total. The number of hydrogen-bond donors (Lipinski definition) is 0. The van der Waals surface area contributed by atoms with Gasteiger partial charge in [0.25, 0.3) is 0 Å². The Hall–Kier alpha value is -4.63. The Labute approximate surface area is 252 Å². The van der Waals surface area contributed by atoms with E-state index in [1.54, 1.807) is 0 Å². The molecule has 0 fully saturated rings. The van der Waals surface area contributed by atoms with Gasteiger partial charge in [-0.1, -0.05) is 109 Å². The predicted octanol–water partition coefficient (Wildman–Crippen LogP) is 12.3. The van der Waals surface area contributed by atoms with Crippen molar-refractivity contribution < 1.29 is 0 Å². The van der Waals surface area contributed by atoms with Crippen LogP contribution in [0.1, 0.15) is 0 Å². The van der Waals surface area contributed by atoms with Gasteiger partial charge < -0.3 is 0 Å². The highest BCUT2D eigenvalue weighted by Crippen LogP contribution is 2.49. The van der Waals surface area contributed by atoms with Crippen LogP contribution in [0.15, 0.2) is 155 Å². The lowest BCUT2D eigenvalue weighted by atomic mass is 9.90. The molecule has 0 N–H and O–H groups in total. The highest BCUT2D eigenvalue weighted by atomic mass is 32.2. The largest absolute Gasteiger partial charge is 0.135 e. The summed E-state index contributed by atoms with van der Waals surface area (Å²) in [6.07, 6.45) is 0. The van der Waals surface area contributed by atoms with Gasteiger partial charge in [0, 0.05) is 35.3 Å². The molecule has 0 amide bonds. The first-order valence-electron chi connectivity index (χ1n) is 14.3. The predicted molar refractivity (Wildman–Crippen MR) is 183 cm³/mol. The van der Waals surface area contributed by atoms with Crippen molar-refractivity contribution in [3.05, 3.63) is 146 Å². The zero-order valence-corrected chi connectivity index (χ0v) is 24.3. The molecule has 196 valence electrons. The van der Waals surface area contributed by atoms with Crippen LogP contribution in [0, 0.1) is 0 Å². The van der Waals surface area contributed by atoms with E-state index in [0.29, 0.717) is 0 Å². The topological polar surface area (TPSA) is 0 Å². The molecule has 42 heavy (non-hydrogen) atoms. The lowest BCUT2D eigenvalue weighted by Gasteiger charge is -2.21. The quantitative estimate of drug-likeness (QED) is 0.204. The molecule has 7 aromatic carbocycles. The molecule has 0 spiro atoms. The zero-order valence-electron chi connectivity index (χ0n) is 22.7. The maximum Gasteiger partial charge on any atom is 0.0361 e. The fourth-order valence-electron chi connectivity index (χ4n) is 6.51. The van der Waals surface area contributed by atoms with Crippen molar-refractivity contribution in [1.29, 1.82) is 0 Å². The van der Waals surface area contributed by atoms with E-state index in [2.05, 4.69) is 146 Å². The number of benzene rings is 7. The minimum absolute atomic E-state index is 1.23. The first kappa shape index (κ1) is 24.0. The zero-order chi connectivity index (χ0) is 27.6. The van der Waals surface area contributed by atoms with E-state index < -0.39 is 0 Å². The third-order valence-corrected chi connectivity index (χ3v) is 10.7. The summed E-state index contributed by atoms with van der Waals surface area (Å²) in [7, 11) is 0. The van der Waals surface area contributed by atoms with Crippen molar-refractivity contribution in [1.82, 2.24) is 0 Å². The van der Waals surface area contributed by atoms with Gasteiger partial charge >= 0.3 is 0 Å². The molecular weight excluding hydrogens is 545 g/mol. The summed E-state index contributed by atoms with van der Waals surface area (Å²) in [6.45, 7) is 0. The molecule has 0 saturated heterocycles. The van der Waals surface area contributed by atoms with Crippen LogP contribution < -0.4 is 0 Å². The summed E-state index contributed by atoms with van der Waals surface area (Å²) in [4.78, 5) is 2.66. The maximum atomic E-state index is 2.40. The molecule has 0 atom stereocenters. The smallest absolute Gasteiger partial charge is 0.0361 e. The van der Waals surface area contributed by atoms with Gasteiger partial charge in [0.05, 0.1) is 0 Å². The summed E-state index contributed by atoms with van der Waals surface area (Å²) >= 11 is 3.76. The molecule has 1 aliphatic heterocycles. The van der Waals surface area contributed by atoms with E-state index in [0.717, 1.165) is 0 Å². The molecule has 1 aromatic heterocycles. The molecule has 0 unspecified atom stereocenters. The van der Waals surface area contributed by atoms with E-state index in [9.17, 15) is 0 Å². The van der Waals surface area contributed by atoms with Gasteiger partial charge in [-0.15, -0.1) is 11.3 Å². The average molecular weight is 569 g/mol. The Kier molecular flexibility index (Phi) is 5.41. The Morgan fingerprint density at radius 3 is 1.98 bits per heavy atom. The Bertz CT molecular complexity index is 2320.